The molecule has 2 heterocycles. The topological polar surface area (TPSA) is 82.6 Å². The van der Waals surface area contributed by atoms with Crippen molar-refractivity contribution in [2.75, 3.05) is 6.61 Å². The fraction of sp³-hybridized carbons (Fsp3) is 0.538. The number of allylic oxidation sites excluding steroid dienone is 1. The van der Waals surface area contributed by atoms with Gasteiger partial charge in [-0.1, -0.05) is 32.6 Å². The largest absolute Gasteiger partial charge is 0.457 e. The second-order valence-corrected chi connectivity index (χ2v) is 10.8. The van der Waals surface area contributed by atoms with Crippen LogP contribution >= 0.6 is 0 Å². The minimum absolute atomic E-state index is 0.0102. The number of carbonyl (C=O) groups excluding carboxylic acids is 3. The summed E-state index contributed by atoms with van der Waals surface area (Å²) in [4.78, 5) is 45.1. The van der Waals surface area contributed by atoms with Crippen LogP contribution < -0.4 is 0 Å². The molecular weight excluding hydrogens is 406 g/mol. The molecule has 1 aromatic rings. The van der Waals surface area contributed by atoms with E-state index in [9.17, 15) is 14.4 Å². The molecule has 0 radical (unpaired) electrons. The van der Waals surface area contributed by atoms with Gasteiger partial charge in [-0.25, -0.2) is 4.79 Å². The van der Waals surface area contributed by atoms with Gasteiger partial charge in [0, 0.05) is 29.6 Å². The molecule has 4 bridgehead atoms. The number of fused-ring (bicyclic) bond motifs is 1. The van der Waals surface area contributed by atoms with Crippen LogP contribution in [0.2, 0.25) is 0 Å². The number of pyridine rings is 1. The van der Waals surface area contributed by atoms with Crippen LogP contribution in [0.4, 0.5) is 0 Å². The molecule has 0 unspecified atom stereocenters. The predicted octanol–water partition coefficient (Wildman–Crippen LogP) is 3.33. The van der Waals surface area contributed by atoms with E-state index < -0.39 is 29.0 Å². The number of ketones is 2. The van der Waals surface area contributed by atoms with Gasteiger partial charge < -0.3 is 9.47 Å². The summed E-state index contributed by atoms with van der Waals surface area (Å²) in [5.41, 5.74) is -1.22. The highest BCUT2D eigenvalue weighted by Crippen LogP contribution is 2.71. The highest BCUT2D eigenvalue weighted by atomic mass is 16.5. The first-order valence-corrected chi connectivity index (χ1v) is 11.4. The fourth-order valence-electron chi connectivity index (χ4n) is 7.87. The molecule has 3 saturated carbocycles. The van der Waals surface area contributed by atoms with Crippen LogP contribution in [0.3, 0.4) is 0 Å². The van der Waals surface area contributed by atoms with Crippen LogP contribution in [0.15, 0.2) is 48.8 Å². The molecule has 0 aromatic carbocycles. The molecule has 32 heavy (non-hydrogen) atoms. The second kappa shape index (κ2) is 6.25. The minimum Gasteiger partial charge on any atom is -0.457 e. The lowest BCUT2D eigenvalue weighted by atomic mass is 9.41. The molecule has 1 aliphatic heterocycles. The summed E-state index contributed by atoms with van der Waals surface area (Å²) < 4.78 is 12.2. The lowest BCUT2D eigenvalue weighted by Gasteiger charge is -2.59. The third kappa shape index (κ3) is 2.14. The van der Waals surface area contributed by atoms with Gasteiger partial charge in [0.15, 0.2) is 11.6 Å². The molecule has 6 rings (SSSR count). The molecule has 6 nitrogen and oxygen atoms in total. The zero-order chi connectivity index (χ0) is 22.5. The summed E-state index contributed by atoms with van der Waals surface area (Å²) in [6.07, 6.45) is 8.15. The molecule has 5 aliphatic rings. The smallest absolute Gasteiger partial charge is 0.340 e. The van der Waals surface area contributed by atoms with Crippen molar-refractivity contribution in [1.29, 1.82) is 0 Å². The van der Waals surface area contributed by atoms with Crippen molar-refractivity contribution in [3.63, 3.8) is 0 Å². The summed E-state index contributed by atoms with van der Waals surface area (Å²) in [5, 5.41) is 0. The van der Waals surface area contributed by atoms with Crippen LogP contribution in [0.5, 0.6) is 0 Å². The summed E-state index contributed by atoms with van der Waals surface area (Å²) in [5.74, 6) is -1.61. The Morgan fingerprint density at radius 2 is 2.09 bits per heavy atom. The average molecular weight is 434 g/mol. The van der Waals surface area contributed by atoms with Crippen molar-refractivity contribution >= 4 is 17.5 Å². The quantitative estimate of drug-likeness (QED) is 0.308. The number of esters is 1. The van der Waals surface area contributed by atoms with Crippen molar-refractivity contribution in [3.05, 3.63) is 54.4 Å². The van der Waals surface area contributed by atoms with Crippen LogP contribution in [0.1, 0.15) is 43.5 Å². The zero-order valence-electron chi connectivity index (χ0n) is 18.4. The van der Waals surface area contributed by atoms with E-state index in [-0.39, 0.29) is 34.7 Å². The molecule has 0 amide bonds. The molecule has 1 spiro atoms. The average Bonchev–Trinajstić information content (AvgIpc) is 3.20. The second-order valence-electron chi connectivity index (χ2n) is 10.8. The maximum absolute atomic E-state index is 14.2. The Bertz CT molecular complexity index is 1090. The van der Waals surface area contributed by atoms with E-state index in [1.165, 1.54) is 6.20 Å². The van der Waals surface area contributed by atoms with E-state index in [0.29, 0.717) is 24.2 Å². The first-order chi connectivity index (χ1) is 15.2. The lowest BCUT2D eigenvalue weighted by Crippen LogP contribution is -2.68. The molecule has 7 atom stereocenters. The van der Waals surface area contributed by atoms with Gasteiger partial charge in [0.2, 0.25) is 0 Å². The van der Waals surface area contributed by atoms with E-state index in [2.05, 4.69) is 37.6 Å². The third-order valence-corrected chi connectivity index (χ3v) is 9.00. The maximum atomic E-state index is 14.2. The Balaban J connectivity index is 1.50. The van der Waals surface area contributed by atoms with Crippen molar-refractivity contribution in [3.8, 4) is 0 Å². The lowest BCUT2D eigenvalue weighted by molar-refractivity contribution is -0.178. The highest BCUT2D eigenvalue weighted by molar-refractivity contribution is 6.20. The van der Waals surface area contributed by atoms with Gasteiger partial charge in [-0.15, -0.1) is 0 Å². The summed E-state index contributed by atoms with van der Waals surface area (Å²) in [6.45, 7) is 8.86. The number of aromatic nitrogens is 1. The van der Waals surface area contributed by atoms with Gasteiger partial charge in [-0.05, 0) is 48.3 Å². The van der Waals surface area contributed by atoms with Gasteiger partial charge >= 0.3 is 5.97 Å². The van der Waals surface area contributed by atoms with Crippen molar-refractivity contribution in [2.45, 2.75) is 45.3 Å². The molecular formula is C26H27NO5. The Morgan fingerprint density at radius 3 is 2.84 bits per heavy atom. The van der Waals surface area contributed by atoms with E-state index in [1.54, 1.807) is 18.3 Å². The Kier molecular flexibility index (Phi) is 3.91. The standard InChI is InChI=1S/C26H27NO5/c1-14-16-7-8-17-25-10-5-9-24(2,3)19(25)18(31-13-25)21(29)26(17,20(14)28)22(16)32-23(30)15-6-4-11-27-12-15/h4-6,10-12,16-19,22H,1,7-9,13H2,2-3H3/t16-,17-,18+,19+,22+,25+,26+/m0/s1. The fourth-order valence-corrected chi connectivity index (χ4v) is 7.87. The zero-order valence-corrected chi connectivity index (χ0v) is 18.4. The van der Waals surface area contributed by atoms with Gasteiger partial charge in [-0.2, -0.15) is 0 Å². The van der Waals surface area contributed by atoms with Crippen LogP contribution in [0, 0.1) is 34.0 Å². The third-order valence-electron chi connectivity index (χ3n) is 9.00. The number of hydrogen-bond donors (Lipinski definition) is 0. The summed E-state index contributed by atoms with van der Waals surface area (Å²) in [6, 6.07) is 3.29. The Hall–Kier alpha value is -2.60. The van der Waals surface area contributed by atoms with Crippen molar-refractivity contribution in [1.82, 2.24) is 4.98 Å². The number of nitrogens with zero attached hydrogens (tertiary/aromatic N) is 1. The van der Waals surface area contributed by atoms with Gasteiger partial charge in [-0.3, -0.25) is 14.6 Å². The number of Topliss-reactive ketones (excluding diaryl/α,β-unsaturated/α-hetero) is 2. The Labute approximate surface area is 187 Å². The molecule has 1 aromatic heterocycles. The molecule has 4 aliphatic carbocycles. The normalized spacial score (nSPS) is 43.1. The SMILES string of the molecule is C=C1C(=O)[C@@]23C(=O)[C@@H]4OC[C@]5(C=CCC(C)(C)[C@@H]45)[C@@H]2CC[C@@H]1[C@H]3OC(=O)c1cccnc1. The predicted molar refractivity (Wildman–Crippen MR) is 114 cm³/mol. The first-order valence-electron chi connectivity index (χ1n) is 11.4. The van der Waals surface area contributed by atoms with E-state index in [1.807, 2.05) is 0 Å². The van der Waals surface area contributed by atoms with Crippen molar-refractivity contribution < 1.29 is 23.9 Å². The maximum Gasteiger partial charge on any atom is 0.340 e. The molecule has 6 heteroatoms. The first kappa shape index (κ1) is 20.0. The number of hydrogen-bond acceptors (Lipinski definition) is 6. The number of carbonyl (C=O) groups is 3. The summed E-state index contributed by atoms with van der Waals surface area (Å²) in [7, 11) is 0. The number of rotatable bonds is 2. The monoisotopic (exact) mass is 433 g/mol. The van der Waals surface area contributed by atoms with Crippen LogP contribution in [-0.4, -0.2) is 41.3 Å². The molecule has 1 saturated heterocycles. The van der Waals surface area contributed by atoms with Crippen LogP contribution in [-0.2, 0) is 19.1 Å². The van der Waals surface area contributed by atoms with Gasteiger partial charge in [0.25, 0.3) is 0 Å². The minimum atomic E-state index is -1.41. The van der Waals surface area contributed by atoms with Crippen molar-refractivity contribution in [2.24, 2.45) is 34.0 Å². The molecule has 166 valence electrons. The van der Waals surface area contributed by atoms with E-state index in [4.69, 9.17) is 9.47 Å². The van der Waals surface area contributed by atoms with Gasteiger partial charge in [0.05, 0.1) is 12.2 Å². The Morgan fingerprint density at radius 1 is 1.28 bits per heavy atom. The highest BCUT2D eigenvalue weighted by Gasteiger charge is 2.80. The van der Waals surface area contributed by atoms with E-state index in [0.717, 1.165) is 12.8 Å². The molecule has 4 fully saturated rings. The number of ether oxygens (including phenoxy) is 2. The van der Waals surface area contributed by atoms with Crippen LogP contribution in [0.25, 0.3) is 0 Å². The summed E-state index contributed by atoms with van der Waals surface area (Å²) >= 11 is 0. The van der Waals surface area contributed by atoms with E-state index >= 15 is 0 Å². The molecule has 0 N–H and O–H groups in total. The van der Waals surface area contributed by atoms with Gasteiger partial charge in [0.1, 0.15) is 17.6 Å².